The molecule has 0 saturated carbocycles. The molecule has 0 spiro atoms. The van der Waals surface area contributed by atoms with E-state index in [1.165, 1.54) is 7.11 Å². The Morgan fingerprint density at radius 3 is 2.02 bits per heavy atom. The number of hydrogen-bond donors (Lipinski definition) is 4. The van der Waals surface area contributed by atoms with Crippen LogP contribution in [-0.2, 0) is 0 Å². The lowest BCUT2D eigenvalue weighted by molar-refractivity contribution is 0.172. The molecule has 0 saturated heterocycles. The van der Waals surface area contributed by atoms with Gasteiger partial charge in [-0.25, -0.2) is 0 Å². The fourth-order valence-corrected chi connectivity index (χ4v) is 8.20. The molecule has 0 amide bonds. The number of hydrogen-bond acceptors (Lipinski definition) is 9. The van der Waals surface area contributed by atoms with Crippen LogP contribution in [0, 0.1) is 0 Å². The maximum Gasteiger partial charge on any atom is 0.185 e. The number of halogens is 1. The third-order valence-corrected chi connectivity index (χ3v) is 11.4. The molecule has 11 heteroatoms. The highest BCUT2D eigenvalue weighted by Crippen LogP contribution is 2.65. The highest BCUT2D eigenvalue weighted by molar-refractivity contribution is 9.10. The predicted molar refractivity (Wildman–Crippen MR) is 173 cm³/mol. The van der Waals surface area contributed by atoms with Gasteiger partial charge in [-0.1, -0.05) is 30.3 Å². The molecule has 6 rings (SSSR count). The summed E-state index contributed by atoms with van der Waals surface area (Å²) >= 11 is 5.05. The van der Waals surface area contributed by atoms with Crippen LogP contribution in [0.25, 0.3) is 0 Å². The van der Waals surface area contributed by atoms with E-state index in [-0.39, 0.29) is 17.6 Å². The predicted octanol–water partition coefficient (Wildman–Crippen LogP) is 8.81. The number of fused-ring (bicyclic) bond motifs is 2. The van der Waals surface area contributed by atoms with Crippen molar-refractivity contribution in [2.24, 2.45) is 0 Å². The van der Waals surface area contributed by atoms with Gasteiger partial charge in [-0.15, -0.1) is 11.8 Å². The summed E-state index contributed by atoms with van der Waals surface area (Å²) in [5.41, 5.74) is 1.79. The van der Waals surface area contributed by atoms with Gasteiger partial charge >= 0.3 is 0 Å². The third-order valence-electron chi connectivity index (χ3n) is 7.34. The van der Waals surface area contributed by atoms with Crippen LogP contribution in [0.5, 0.6) is 34.5 Å². The Balaban J connectivity index is 0.000000173. The first kappa shape index (κ1) is 31.2. The second-order valence-corrected chi connectivity index (χ2v) is 14.7. The van der Waals surface area contributed by atoms with E-state index in [0.29, 0.717) is 26.1 Å². The van der Waals surface area contributed by atoms with E-state index in [4.69, 9.17) is 18.9 Å². The first-order valence-electron chi connectivity index (χ1n) is 13.4. The molecule has 4 aromatic rings. The number of ether oxygens (including phenoxy) is 4. The zero-order chi connectivity index (χ0) is 30.9. The molecular weight excluding hydrogens is 656 g/mol. The Kier molecular flexibility index (Phi) is 9.29. The first-order valence-corrected chi connectivity index (χ1v) is 16.7. The number of rotatable bonds is 4. The molecule has 4 unspecified atom stereocenters. The molecule has 2 aliphatic rings. The number of para-hydroxylation sites is 2. The lowest BCUT2D eigenvalue weighted by Gasteiger charge is -2.47. The fraction of sp³-hybridized carbons (Fsp3) is 0.250. The summed E-state index contributed by atoms with van der Waals surface area (Å²) in [5.74, 6) is 2.74. The van der Waals surface area contributed by atoms with Crippen molar-refractivity contribution in [3.8, 4) is 34.5 Å². The van der Waals surface area contributed by atoms with Gasteiger partial charge < -0.3 is 29.2 Å². The largest absolute Gasteiger partial charge is 0.508 e. The molecule has 228 valence electrons. The van der Waals surface area contributed by atoms with Crippen molar-refractivity contribution in [1.82, 2.24) is 0 Å². The average molecular weight is 690 g/mol. The van der Waals surface area contributed by atoms with Crippen LogP contribution in [0.15, 0.2) is 93.1 Å². The van der Waals surface area contributed by atoms with Crippen LogP contribution < -0.4 is 18.9 Å². The monoisotopic (exact) mass is 688 g/mol. The Labute approximate surface area is 265 Å². The number of benzene rings is 4. The maximum atomic E-state index is 10.7. The molecule has 0 aliphatic carbocycles. The molecule has 2 heterocycles. The van der Waals surface area contributed by atoms with Crippen LogP contribution >= 0.6 is 38.3 Å². The van der Waals surface area contributed by atoms with E-state index in [0.717, 1.165) is 27.5 Å². The van der Waals surface area contributed by atoms with Crippen LogP contribution in [0.2, 0.25) is 0 Å². The van der Waals surface area contributed by atoms with Crippen LogP contribution in [-0.4, -0.2) is 44.0 Å². The van der Waals surface area contributed by atoms with Gasteiger partial charge in [0.1, 0.15) is 28.6 Å². The second-order valence-electron chi connectivity index (χ2n) is 10.1. The summed E-state index contributed by atoms with van der Waals surface area (Å²) in [7, 11) is 0.102. The Morgan fingerprint density at radius 1 is 0.767 bits per heavy atom. The molecule has 2 aliphatic heterocycles. The van der Waals surface area contributed by atoms with Crippen molar-refractivity contribution >= 4 is 38.3 Å². The minimum Gasteiger partial charge on any atom is -0.508 e. The molecular formula is C32H33BrO8S2. The lowest BCUT2D eigenvalue weighted by Crippen LogP contribution is -2.31. The standard InChI is InChI=1S/C16H17BrO5S.C16H16O3S/c1-9-15(10-6-7-12(18)11(17)8-10)22-16-13(21-2)4-3-5-14(16)23(9,19)20;1-10-15(11-6-8-12(17)9-7-11)19-16-13(18-2)4-3-5-14(16)20-10/h3-9,15,18-20H,1-2H3;3-10,15,17H,1-2H3. The molecule has 0 aromatic heterocycles. The number of aromatic hydroxyl groups is 2. The molecule has 0 bridgehead atoms. The minimum absolute atomic E-state index is 0.0515. The molecule has 4 N–H and O–H groups in total. The van der Waals surface area contributed by atoms with Gasteiger partial charge in [0, 0.05) is 5.25 Å². The van der Waals surface area contributed by atoms with Crippen LogP contribution in [0.1, 0.15) is 37.2 Å². The van der Waals surface area contributed by atoms with Crippen molar-refractivity contribution < 1.29 is 38.3 Å². The smallest absolute Gasteiger partial charge is 0.185 e. The SMILES string of the molecule is COc1cccc2c1OC(c1ccc(O)c(Br)c1)C(C)S2(O)O.COc1cccc2c1OC(c1ccc(O)cc1)C(C)S2. The summed E-state index contributed by atoms with van der Waals surface area (Å²) in [6.45, 7) is 3.88. The van der Waals surface area contributed by atoms with Gasteiger partial charge in [0.15, 0.2) is 23.0 Å². The number of phenols is 2. The van der Waals surface area contributed by atoms with Crippen LogP contribution in [0.4, 0.5) is 0 Å². The quantitative estimate of drug-likeness (QED) is 0.167. The van der Waals surface area contributed by atoms with Crippen molar-refractivity contribution in [2.45, 2.75) is 46.3 Å². The molecule has 43 heavy (non-hydrogen) atoms. The van der Waals surface area contributed by atoms with Gasteiger partial charge in [0.25, 0.3) is 0 Å². The number of methoxy groups -OCH3 is 2. The Morgan fingerprint density at radius 2 is 1.37 bits per heavy atom. The summed E-state index contributed by atoms with van der Waals surface area (Å²) in [5, 5.41) is 18.8. The lowest BCUT2D eigenvalue weighted by atomic mass is 10.1. The van der Waals surface area contributed by atoms with E-state index in [1.54, 1.807) is 74.3 Å². The summed E-state index contributed by atoms with van der Waals surface area (Å²) in [6.07, 6.45) is -0.620. The fourth-order valence-electron chi connectivity index (χ4n) is 5.00. The van der Waals surface area contributed by atoms with E-state index >= 15 is 0 Å². The highest BCUT2D eigenvalue weighted by atomic mass is 79.9. The maximum absolute atomic E-state index is 10.7. The van der Waals surface area contributed by atoms with E-state index in [9.17, 15) is 19.3 Å². The second kappa shape index (κ2) is 12.8. The molecule has 0 radical (unpaired) electrons. The van der Waals surface area contributed by atoms with E-state index in [1.807, 2.05) is 30.3 Å². The zero-order valence-corrected chi connectivity index (χ0v) is 27.2. The van der Waals surface area contributed by atoms with Gasteiger partial charge in [0.2, 0.25) is 0 Å². The van der Waals surface area contributed by atoms with Gasteiger partial charge in [-0.3, -0.25) is 9.11 Å². The highest BCUT2D eigenvalue weighted by Gasteiger charge is 2.42. The van der Waals surface area contributed by atoms with Crippen molar-refractivity contribution in [1.29, 1.82) is 0 Å². The summed E-state index contributed by atoms with van der Waals surface area (Å²) in [6, 6.07) is 23.1. The van der Waals surface area contributed by atoms with E-state index in [2.05, 4.69) is 22.9 Å². The molecule has 0 fully saturated rings. The topological polar surface area (TPSA) is 118 Å². The Bertz CT molecular complexity index is 1600. The van der Waals surface area contributed by atoms with Crippen LogP contribution in [0.3, 0.4) is 0 Å². The van der Waals surface area contributed by atoms with Crippen molar-refractivity contribution in [3.63, 3.8) is 0 Å². The van der Waals surface area contributed by atoms with Crippen molar-refractivity contribution in [2.75, 3.05) is 14.2 Å². The van der Waals surface area contributed by atoms with Crippen molar-refractivity contribution in [3.05, 3.63) is 94.5 Å². The molecule has 8 nitrogen and oxygen atoms in total. The minimum atomic E-state index is -3.06. The summed E-state index contributed by atoms with van der Waals surface area (Å²) in [4.78, 5) is 1.46. The summed E-state index contributed by atoms with van der Waals surface area (Å²) < 4.78 is 44.8. The normalized spacial score (nSPS) is 22.3. The third kappa shape index (κ3) is 6.23. The van der Waals surface area contributed by atoms with Gasteiger partial charge in [-0.05, 0) is 89.4 Å². The molecule has 4 aromatic carbocycles. The number of thioether (sulfide) groups is 1. The van der Waals surface area contributed by atoms with Gasteiger partial charge in [-0.2, -0.15) is 10.6 Å². The first-order chi connectivity index (χ1) is 20.5. The Hall–Kier alpha value is -3.22. The van der Waals surface area contributed by atoms with E-state index < -0.39 is 21.9 Å². The average Bonchev–Trinajstić information content (AvgIpc) is 3.00. The van der Waals surface area contributed by atoms with Gasteiger partial charge in [0.05, 0.1) is 28.8 Å². The number of phenolic OH excluding ortho intramolecular Hbond substituents is 2. The molecule has 4 atom stereocenters. The zero-order valence-electron chi connectivity index (χ0n) is 23.9.